The van der Waals surface area contributed by atoms with Crippen molar-refractivity contribution in [2.75, 3.05) is 13.2 Å². The van der Waals surface area contributed by atoms with Crippen molar-refractivity contribution in [3.63, 3.8) is 0 Å². The Bertz CT molecular complexity index is 1090. The molecule has 1 fully saturated rings. The smallest absolute Gasteiger partial charge is 0.253 e. The standard InChI is InChI=1S/C23H27N3O3S/c1-15-9-16(2)21-17(10-15)11-18(22(27)25-21)13-26(14-20-6-4-8-29-20)23(30)24-12-19-5-3-7-28-19/h4,6,8-11,19H,3,5,7,12-14H2,1-2H3,(H,24,30)(H,25,27)/t19-/m1/s1. The van der Waals surface area contributed by atoms with Gasteiger partial charge in [-0.05, 0) is 74.1 Å². The normalized spacial score (nSPS) is 16.1. The van der Waals surface area contributed by atoms with E-state index in [4.69, 9.17) is 21.4 Å². The number of nitrogens with zero attached hydrogens (tertiary/aromatic N) is 1. The minimum Gasteiger partial charge on any atom is -0.467 e. The Labute approximate surface area is 181 Å². The molecule has 1 aromatic carbocycles. The fourth-order valence-electron chi connectivity index (χ4n) is 3.96. The lowest BCUT2D eigenvalue weighted by molar-refractivity contribution is 0.113. The SMILES string of the molecule is Cc1cc(C)c2[nH]c(=O)c(CN(Cc3ccco3)C(=S)NC[C@H]3CCCO3)cc2c1. The highest BCUT2D eigenvalue weighted by Gasteiger charge is 2.19. The molecule has 1 saturated heterocycles. The number of thiocarbonyl (C=S) groups is 1. The summed E-state index contributed by atoms with van der Waals surface area (Å²) in [4.78, 5) is 17.8. The highest BCUT2D eigenvalue weighted by Crippen LogP contribution is 2.19. The zero-order valence-corrected chi connectivity index (χ0v) is 18.2. The number of hydrogen-bond acceptors (Lipinski definition) is 4. The monoisotopic (exact) mass is 425 g/mol. The number of H-pyrrole nitrogens is 1. The first-order valence-corrected chi connectivity index (χ1v) is 10.7. The van der Waals surface area contributed by atoms with Crippen LogP contribution in [0.2, 0.25) is 0 Å². The highest BCUT2D eigenvalue weighted by molar-refractivity contribution is 7.80. The van der Waals surface area contributed by atoms with E-state index in [0.29, 0.717) is 30.3 Å². The quantitative estimate of drug-likeness (QED) is 0.586. The molecule has 2 aromatic heterocycles. The molecule has 158 valence electrons. The number of fused-ring (bicyclic) bond motifs is 1. The average Bonchev–Trinajstić information content (AvgIpc) is 3.41. The van der Waals surface area contributed by atoms with Gasteiger partial charge in [0, 0.05) is 18.7 Å². The average molecular weight is 426 g/mol. The zero-order valence-electron chi connectivity index (χ0n) is 17.4. The van der Waals surface area contributed by atoms with Crippen LogP contribution in [0.15, 0.2) is 45.8 Å². The lowest BCUT2D eigenvalue weighted by Crippen LogP contribution is -2.42. The molecule has 6 nitrogen and oxygen atoms in total. The molecule has 4 rings (SSSR count). The molecule has 0 unspecified atom stereocenters. The number of hydrogen-bond donors (Lipinski definition) is 2. The molecule has 0 spiro atoms. The van der Waals surface area contributed by atoms with Crippen LogP contribution in [0.25, 0.3) is 10.9 Å². The maximum atomic E-state index is 12.8. The van der Waals surface area contributed by atoms with Gasteiger partial charge < -0.3 is 24.4 Å². The number of benzene rings is 1. The molecule has 3 aromatic rings. The van der Waals surface area contributed by atoms with Crippen LogP contribution < -0.4 is 10.9 Å². The van der Waals surface area contributed by atoms with Crippen LogP contribution in [0.1, 0.15) is 35.3 Å². The van der Waals surface area contributed by atoms with Crippen LogP contribution in [0.4, 0.5) is 0 Å². The van der Waals surface area contributed by atoms with E-state index in [1.165, 1.54) is 5.56 Å². The van der Waals surface area contributed by atoms with Crippen molar-refractivity contribution in [2.24, 2.45) is 0 Å². The van der Waals surface area contributed by atoms with Crippen molar-refractivity contribution in [3.05, 3.63) is 69.4 Å². The molecule has 2 N–H and O–H groups in total. The molecule has 1 atom stereocenters. The van der Waals surface area contributed by atoms with Crippen molar-refractivity contribution in [1.82, 2.24) is 15.2 Å². The second-order valence-corrected chi connectivity index (χ2v) is 8.31. The molecular formula is C23H27N3O3S. The van der Waals surface area contributed by atoms with Gasteiger partial charge in [0.2, 0.25) is 0 Å². The number of nitrogens with one attached hydrogen (secondary N) is 2. The Morgan fingerprint density at radius 1 is 1.30 bits per heavy atom. The molecule has 3 heterocycles. The number of aromatic amines is 1. The third-order valence-electron chi connectivity index (χ3n) is 5.45. The van der Waals surface area contributed by atoms with Crippen LogP contribution >= 0.6 is 12.2 Å². The summed E-state index contributed by atoms with van der Waals surface area (Å²) in [6.07, 6.45) is 3.95. The van der Waals surface area contributed by atoms with E-state index in [-0.39, 0.29) is 11.7 Å². The lowest BCUT2D eigenvalue weighted by atomic mass is 10.1. The molecule has 1 aliphatic heterocycles. The van der Waals surface area contributed by atoms with Gasteiger partial charge in [0.15, 0.2) is 5.11 Å². The molecule has 7 heteroatoms. The molecule has 0 bridgehead atoms. The summed E-state index contributed by atoms with van der Waals surface area (Å²) >= 11 is 5.67. The zero-order chi connectivity index (χ0) is 21.1. The van der Waals surface area contributed by atoms with Gasteiger partial charge in [-0.2, -0.15) is 0 Å². The Hall–Kier alpha value is -2.64. The Morgan fingerprint density at radius 2 is 2.17 bits per heavy atom. The second kappa shape index (κ2) is 9.02. The molecule has 0 radical (unpaired) electrons. The van der Waals surface area contributed by atoms with Crippen LogP contribution in [0.5, 0.6) is 0 Å². The summed E-state index contributed by atoms with van der Waals surface area (Å²) in [7, 11) is 0. The highest BCUT2D eigenvalue weighted by atomic mass is 32.1. The summed E-state index contributed by atoms with van der Waals surface area (Å²) < 4.78 is 11.2. The van der Waals surface area contributed by atoms with Crippen molar-refractivity contribution in [3.8, 4) is 0 Å². The number of aryl methyl sites for hydroxylation is 2. The summed E-state index contributed by atoms with van der Waals surface area (Å²) in [5.74, 6) is 0.792. The first kappa shape index (κ1) is 20.6. The maximum Gasteiger partial charge on any atom is 0.253 e. The first-order valence-electron chi connectivity index (χ1n) is 10.3. The number of pyridine rings is 1. The van der Waals surface area contributed by atoms with Crippen molar-refractivity contribution < 1.29 is 9.15 Å². The Balaban J connectivity index is 1.58. The van der Waals surface area contributed by atoms with E-state index in [2.05, 4.69) is 29.4 Å². The third-order valence-corrected chi connectivity index (χ3v) is 5.85. The van der Waals surface area contributed by atoms with Crippen LogP contribution in [-0.2, 0) is 17.8 Å². The van der Waals surface area contributed by atoms with Gasteiger partial charge in [0.05, 0.1) is 31.0 Å². The van der Waals surface area contributed by atoms with E-state index in [1.807, 2.05) is 30.0 Å². The van der Waals surface area contributed by atoms with Crippen LogP contribution in [0.3, 0.4) is 0 Å². The molecule has 1 aliphatic rings. The largest absolute Gasteiger partial charge is 0.467 e. The van der Waals surface area contributed by atoms with Crippen molar-refractivity contribution in [1.29, 1.82) is 0 Å². The number of aromatic nitrogens is 1. The number of rotatable bonds is 6. The Kier molecular flexibility index (Phi) is 6.20. The van der Waals surface area contributed by atoms with E-state index in [9.17, 15) is 4.79 Å². The maximum absolute atomic E-state index is 12.8. The summed E-state index contributed by atoms with van der Waals surface area (Å²) in [5, 5.41) is 4.92. The number of ether oxygens (including phenoxy) is 1. The predicted molar refractivity (Wildman–Crippen MR) is 122 cm³/mol. The van der Waals surface area contributed by atoms with Gasteiger partial charge in [-0.25, -0.2) is 0 Å². The second-order valence-electron chi connectivity index (χ2n) is 7.93. The summed E-state index contributed by atoms with van der Waals surface area (Å²) in [5.41, 5.74) is 3.68. The first-order chi connectivity index (χ1) is 14.5. The van der Waals surface area contributed by atoms with Gasteiger partial charge in [-0.3, -0.25) is 4.79 Å². The topological polar surface area (TPSA) is 70.5 Å². The van der Waals surface area contributed by atoms with Gasteiger partial charge in [-0.15, -0.1) is 0 Å². The van der Waals surface area contributed by atoms with Gasteiger partial charge in [-0.1, -0.05) is 11.6 Å². The fourth-order valence-corrected chi connectivity index (χ4v) is 4.18. The summed E-state index contributed by atoms with van der Waals surface area (Å²) in [6.45, 7) is 6.41. The minimum atomic E-state index is -0.0965. The van der Waals surface area contributed by atoms with E-state index in [1.54, 1.807) is 6.26 Å². The Morgan fingerprint density at radius 3 is 2.90 bits per heavy atom. The summed E-state index contributed by atoms with van der Waals surface area (Å²) in [6, 6.07) is 9.89. The van der Waals surface area contributed by atoms with Crippen LogP contribution in [0, 0.1) is 13.8 Å². The van der Waals surface area contributed by atoms with Gasteiger partial charge in [0.1, 0.15) is 5.76 Å². The molecule has 30 heavy (non-hydrogen) atoms. The van der Waals surface area contributed by atoms with E-state index >= 15 is 0 Å². The van der Waals surface area contributed by atoms with Crippen molar-refractivity contribution in [2.45, 2.75) is 45.9 Å². The molecule has 0 amide bonds. The molecular weight excluding hydrogens is 398 g/mol. The third kappa shape index (κ3) is 4.74. The number of furan rings is 1. The van der Waals surface area contributed by atoms with Crippen molar-refractivity contribution >= 4 is 28.2 Å². The molecule has 0 saturated carbocycles. The van der Waals surface area contributed by atoms with Crippen LogP contribution in [-0.4, -0.2) is 34.3 Å². The van der Waals surface area contributed by atoms with Gasteiger partial charge in [0.25, 0.3) is 5.56 Å². The van der Waals surface area contributed by atoms with E-state index < -0.39 is 0 Å². The lowest BCUT2D eigenvalue weighted by Gasteiger charge is -2.26. The predicted octanol–water partition coefficient (Wildman–Crippen LogP) is 3.79. The molecule has 0 aliphatic carbocycles. The van der Waals surface area contributed by atoms with E-state index in [0.717, 1.165) is 41.7 Å². The minimum absolute atomic E-state index is 0.0965. The van der Waals surface area contributed by atoms with Gasteiger partial charge >= 0.3 is 0 Å². The fraction of sp³-hybridized carbons (Fsp3) is 0.391.